The van der Waals surface area contributed by atoms with E-state index in [-0.39, 0.29) is 0 Å². The normalized spacial score (nSPS) is 10.9. The second-order valence-corrected chi connectivity index (χ2v) is 5.20. The largest absolute Gasteiger partial charge is 0.364 e. The molecule has 2 aromatic heterocycles. The Bertz CT molecular complexity index is 535. The summed E-state index contributed by atoms with van der Waals surface area (Å²) in [5.74, 6) is 1.96. The van der Waals surface area contributed by atoms with Gasteiger partial charge < -0.3 is 5.32 Å². The second-order valence-electron chi connectivity index (χ2n) is 4.39. The zero-order valence-electron chi connectivity index (χ0n) is 10.7. The highest BCUT2D eigenvalue weighted by atomic mass is 79.9. The Morgan fingerprint density at radius 3 is 2.78 bits per heavy atom. The SMILES string of the molecule is CC(C)c1nc(Br)cc(NCc2ccnn2C)n1. The van der Waals surface area contributed by atoms with Gasteiger partial charge in [-0.1, -0.05) is 13.8 Å². The van der Waals surface area contributed by atoms with Crippen LogP contribution >= 0.6 is 15.9 Å². The summed E-state index contributed by atoms with van der Waals surface area (Å²) in [6.07, 6.45) is 1.78. The fourth-order valence-corrected chi connectivity index (χ4v) is 1.94. The number of nitrogens with zero attached hydrogens (tertiary/aromatic N) is 4. The van der Waals surface area contributed by atoms with Gasteiger partial charge in [0.25, 0.3) is 0 Å². The highest BCUT2D eigenvalue weighted by Gasteiger charge is 2.07. The molecule has 2 aromatic rings. The van der Waals surface area contributed by atoms with Crippen molar-refractivity contribution in [1.29, 1.82) is 0 Å². The van der Waals surface area contributed by atoms with Gasteiger partial charge in [0.1, 0.15) is 16.2 Å². The third kappa shape index (κ3) is 3.07. The molecule has 0 saturated carbocycles. The fraction of sp³-hybridized carbons (Fsp3) is 0.417. The Labute approximate surface area is 115 Å². The highest BCUT2D eigenvalue weighted by Crippen LogP contribution is 2.17. The Balaban J connectivity index is 2.12. The maximum Gasteiger partial charge on any atom is 0.134 e. The van der Waals surface area contributed by atoms with Crippen molar-refractivity contribution in [3.8, 4) is 0 Å². The first-order valence-electron chi connectivity index (χ1n) is 5.81. The van der Waals surface area contributed by atoms with Crippen molar-refractivity contribution >= 4 is 21.7 Å². The summed E-state index contributed by atoms with van der Waals surface area (Å²) in [7, 11) is 1.92. The predicted octanol–water partition coefficient (Wildman–Crippen LogP) is 2.71. The second kappa shape index (κ2) is 5.48. The van der Waals surface area contributed by atoms with Crippen LogP contribution in [0.2, 0.25) is 0 Å². The van der Waals surface area contributed by atoms with Crippen molar-refractivity contribution in [3.05, 3.63) is 34.5 Å². The summed E-state index contributed by atoms with van der Waals surface area (Å²) in [4.78, 5) is 8.82. The van der Waals surface area contributed by atoms with Crippen molar-refractivity contribution in [2.75, 3.05) is 5.32 Å². The predicted molar refractivity (Wildman–Crippen MR) is 74.4 cm³/mol. The van der Waals surface area contributed by atoms with Crippen LogP contribution in [-0.4, -0.2) is 19.7 Å². The lowest BCUT2D eigenvalue weighted by molar-refractivity contribution is 0.718. The molecule has 0 atom stereocenters. The first-order chi connectivity index (χ1) is 8.56. The smallest absolute Gasteiger partial charge is 0.134 e. The molecule has 2 rings (SSSR count). The van der Waals surface area contributed by atoms with Gasteiger partial charge in [-0.3, -0.25) is 4.68 Å². The van der Waals surface area contributed by atoms with Crippen molar-refractivity contribution in [2.24, 2.45) is 7.05 Å². The summed E-state index contributed by atoms with van der Waals surface area (Å²) in [6.45, 7) is 4.84. The first-order valence-corrected chi connectivity index (χ1v) is 6.61. The molecule has 0 aliphatic heterocycles. The van der Waals surface area contributed by atoms with Gasteiger partial charge in [-0.05, 0) is 22.0 Å². The molecule has 0 aromatic carbocycles. The van der Waals surface area contributed by atoms with E-state index in [1.807, 2.05) is 23.9 Å². The van der Waals surface area contributed by atoms with Gasteiger partial charge in [-0.15, -0.1) is 0 Å². The van der Waals surface area contributed by atoms with E-state index in [9.17, 15) is 0 Å². The summed E-state index contributed by atoms with van der Waals surface area (Å²) in [5, 5.41) is 7.41. The first kappa shape index (κ1) is 13.0. The molecule has 96 valence electrons. The topological polar surface area (TPSA) is 55.6 Å². The number of nitrogens with one attached hydrogen (secondary N) is 1. The van der Waals surface area contributed by atoms with Gasteiger partial charge in [0.15, 0.2) is 0 Å². The number of hydrogen-bond acceptors (Lipinski definition) is 4. The van der Waals surface area contributed by atoms with Gasteiger partial charge in [-0.2, -0.15) is 5.10 Å². The lowest BCUT2D eigenvalue weighted by atomic mass is 10.2. The lowest BCUT2D eigenvalue weighted by Gasteiger charge is -2.09. The average molecular weight is 310 g/mol. The highest BCUT2D eigenvalue weighted by molar-refractivity contribution is 9.10. The summed E-state index contributed by atoms with van der Waals surface area (Å²) >= 11 is 3.41. The van der Waals surface area contributed by atoms with E-state index in [0.29, 0.717) is 12.5 Å². The average Bonchev–Trinajstić information content (AvgIpc) is 2.71. The van der Waals surface area contributed by atoms with E-state index in [2.05, 4.69) is 50.2 Å². The Kier molecular flexibility index (Phi) is 3.96. The molecule has 2 heterocycles. The molecule has 0 spiro atoms. The molecule has 0 saturated heterocycles. The van der Waals surface area contributed by atoms with Crippen LogP contribution in [0, 0.1) is 0 Å². The van der Waals surface area contributed by atoms with Crippen molar-refractivity contribution in [2.45, 2.75) is 26.3 Å². The molecule has 0 bridgehead atoms. The number of anilines is 1. The van der Waals surface area contributed by atoms with E-state index >= 15 is 0 Å². The minimum absolute atomic E-state index is 0.305. The molecule has 1 N–H and O–H groups in total. The Hall–Kier alpha value is -1.43. The molecular weight excluding hydrogens is 294 g/mol. The summed E-state index contributed by atoms with van der Waals surface area (Å²) in [5.41, 5.74) is 1.11. The van der Waals surface area contributed by atoms with Crippen LogP contribution < -0.4 is 5.32 Å². The fourth-order valence-electron chi connectivity index (χ4n) is 1.54. The summed E-state index contributed by atoms with van der Waals surface area (Å²) in [6, 6.07) is 3.86. The monoisotopic (exact) mass is 309 g/mol. The van der Waals surface area contributed by atoms with Crippen LogP contribution in [0.5, 0.6) is 0 Å². The van der Waals surface area contributed by atoms with E-state index in [0.717, 1.165) is 21.9 Å². The molecule has 6 heteroatoms. The third-order valence-electron chi connectivity index (χ3n) is 2.60. The van der Waals surface area contributed by atoms with E-state index in [4.69, 9.17) is 0 Å². The third-order valence-corrected chi connectivity index (χ3v) is 3.01. The van der Waals surface area contributed by atoms with Crippen molar-refractivity contribution in [3.63, 3.8) is 0 Å². The minimum atomic E-state index is 0.305. The minimum Gasteiger partial charge on any atom is -0.364 e. The number of aromatic nitrogens is 4. The van der Waals surface area contributed by atoms with E-state index in [1.54, 1.807) is 6.20 Å². The molecule has 0 fully saturated rings. The zero-order valence-corrected chi connectivity index (χ0v) is 12.3. The molecule has 18 heavy (non-hydrogen) atoms. The number of rotatable bonds is 4. The van der Waals surface area contributed by atoms with Gasteiger partial charge in [0.2, 0.25) is 0 Å². The van der Waals surface area contributed by atoms with Crippen molar-refractivity contribution in [1.82, 2.24) is 19.7 Å². The number of halogens is 1. The van der Waals surface area contributed by atoms with E-state index in [1.165, 1.54) is 0 Å². The molecule has 0 unspecified atom stereocenters. The maximum atomic E-state index is 4.48. The molecule has 0 radical (unpaired) electrons. The molecule has 0 aliphatic carbocycles. The van der Waals surface area contributed by atoms with Crippen LogP contribution in [0.3, 0.4) is 0 Å². The Morgan fingerprint density at radius 1 is 1.39 bits per heavy atom. The molecule has 5 nitrogen and oxygen atoms in total. The van der Waals surface area contributed by atoms with Gasteiger partial charge in [0.05, 0.1) is 12.2 Å². The molecular formula is C12H16BrN5. The van der Waals surface area contributed by atoms with Crippen molar-refractivity contribution < 1.29 is 0 Å². The summed E-state index contributed by atoms with van der Waals surface area (Å²) < 4.78 is 2.64. The lowest BCUT2D eigenvalue weighted by Crippen LogP contribution is -2.08. The zero-order chi connectivity index (χ0) is 13.1. The molecule has 0 aliphatic rings. The van der Waals surface area contributed by atoms with Gasteiger partial charge in [0, 0.05) is 25.2 Å². The standard InChI is InChI=1S/C12H16BrN5/c1-8(2)12-16-10(13)6-11(17-12)14-7-9-4-5-15-18(9)3/h4-6,8H,7H2,1-3H3,(H,14,16,17). The van der Waals surface area contributed by atoms with Crippen LogP contribution in [0.4, 0.5) is 5.82 Å². The van der Waals surface area contributed by atoms with Crippen LogP contribution in [0.1, 0.15) is 31.3 Å². The van der Waals surface area contributed by atoms with Crippen LogP contribution in [-0.2, 0) is 13.6 Å². The Morgan fingerprint density at radius 2 is 2.17 bits per heavy atom. The van der Waals surface area contributed by atoms with Crippen LogP contribution in [0.25, 0.3) is 0 Å². The maximum absolute atomic E-state index is 4.48. The van der Waals surface area contributed by atoms with Gasteiger partial charge in [-0.25, -0.2) is 9.97 Å². The quantitative estimate of drug-likeness (QED) is 0.882. The van der Waals surface area contributed by atoms with Gasteiger partial charge >= 0.3 is 0 Å². The van der Waals surface area contributed by atoms with E-state index < -0.39 is 0 Å². The number of hydrogen-bond donors (Lipinski definition) is 1. The van der Waals surface area contributed by atoms with Crippen LogP contribution in [0.15, 0.2) is 22.9 Å². The molecule has 0 amide bonds. The number of aryl methyl sites for hydroxylation is 1.